The third-order valence-corrected chi connectivity index (χ3v) is 4.61. The lowest BCUT2D eigenvalue weighted by Crippen LogP contribution is -2.32. The highest BCUT2D eigenvalue weighted by Crippen LogP contribution is 2.30. The fourth-order valence-electron chi connectivity index (χ4n) is 2.80. The summed E-state index contributed by atoms with van der Waals surface area (Å²) in [6.45, 7) is 12.4. The zero-order valence-electron chi connectivity index (χ0n) is 17.3. The van der Waals surface area contributed by atoms with Crippen molar-refractivity contribution in [3.8, 4) is 11.5 Å². The van der Waals surface area contributed by atoms with E-state index in [9.17, 15) is 4.79 Å². The molecule has 0 fully saturated rings. The van der Waals surface area contributed by atoms with E-state index in [0.29, 0.717) is 30.4 Å². The standard InChI is InChI=1S/C24H31NO3/c1-6-18(5)19-12-8-10-14-22(19)28-21(7-2)24(26)25-20-13-9-11-15-23(20)27-16-17(3)4/h8-15,18,21H,3,6-7,16H2,1-2,4-5H3,(H,25,26). The Hall–Kier alpha value is -2.75. The molecule has 0 bridgehead atoms. The summed E-state index contributed by atoms with van der Waals surface area (Å²) in [4.78, 5) is 12.9. The molecular formula is C24H31NO3. The van der Waals surface area contributed by atoms with Crippen molar-refractivity contribution >= 4 is 11.6 Å². The number of hydrogen-bond donors (Lipinski definition) is 1. The number of carbonyl (C=O) groups is 1. The van der Waals surface area contributed by atoms with Gasteiger partial charge in [0.05, 0.1) is 5.69 Å². The lowest BCUT2D eigenvalue weighted by molar-refractivity contribution is -0.122. The van der Waals surface area contributed by atoms with E-state index in [1.165, 1.54) is 0 Å². The third kappa shape index (κ3) is 5.88. The zero-order valence-corrected chi connectivity index (χ0v) is 17.3. The van der Waals surface area contributed by atoms with Crippen molar-refractivity contribution in [2.75, 3.05) is 11.9 Å². The molecule has 150 valence electrons. The molecule has 2 unspecified atom stereocenters. The van der Waals surface area contributed by atoms with Gasteiger partial charge in [0, 0.05) is 0 Å². The Kier molecular flexibility index (Phi) is 8.12. The maximum Gasteiger partial charge on any atom is 0.265 e. The van der Waals surface area contributed by atoms with Crippen molar-refractivity contribution in [2.24, 2.45) is 0 Å². The molecule has 0 aliphatic rings. The Balaban J connectivity index is 2.14. The Morgan fingerprint density at radius 3 is 2.32 bits per heavy atom. The molecule has 0 aliphatic heterocycles. The van der Waals surface area contributed by atoms with Crippen molar-refractivity contribution in [2.45, 2.75) is 52.6 Å². The van der Waals surface area contributed by atoms with Gasteiger partial charge in [0.2, 0.25) is 0 Å². The van der Waals surface area contributed by atoms with Gasteiger partial charge in [0.1, 0.15) is 18.1 Å². The smallest absolute Gasteiger partial charge is 0.265 e. The molecule has 1 N–H and O–H groups in total. The predicted molar refractivity (Wildman–Crippen MR) is 115 cm³/mol. The first-order valence-electron chi connectivity index (χ1n) is 9.88. The number of nitrogens with one attached hydrogen (secondary N) is 1. The van der Waals surface area contributed by atoms with Crippen LogP contribution in [0.2, 0.25) is 0 Å². The molecule has 2 rings (SSSR count). The summed E-state index contributed by atoms with van der Waals surface area (Å²) in [6.07, 6.45) is 0.992. The van der Waals surface area contributed by atoms with Crippen LogP contribution < -0.4 is 14.8 Å². The van der Waals surface area contributed by atoms with Crippen LogP contribution in [0.25, 0.3) is 0 Å². The molecule has 0 aliphatic carbocycles. The predicted octanol–water partition coefficient (Wildman–Crippen LogP) is 5.95. The van der Waals surface area contributed by atoms with Crippen LogP contribution >= 0.6 is 0 Å². The zero-order chi connectivity index (χ0) is 20.5. The second-order valence-electron chi connectivity index (χ2n) is 7.09. The van der Waals surface area contributed by atoms with Crippen LogP contribution in [0, 0.1) is 0 Å². The molecule has 0 heterocycles. The number of amides is 1. The number of anilines is 1. The van der Waals surface area contributed by atoms with E-state index < -0.39 is 6.10 Å². The monoisotopic (exact) mass is 381 g/mol. The average molecular weight is 382 g/mol. The lowest BCUT2D eigenvalue weighted by Gasteiger charge is -2.22. The average Bonchev–Trinajstić information content (AvgIpc) is 2.70. The van der Waals surface area contributed by atoms with E-state index in [4.69, 9.17) is 9.47 Å². The minimum atomic E-state index is -0.584. The van der Waals surface area contributed by atoms with Crippen LogP contribution in [0.3, 0.4) is 0 Å². The molecule has 28 heavy (non-hydrogen) atoms. The van der Waals surface area contributed by atoms with Gasteiger partial charge in [0.25, 0.3) is 5.91 Å². The first-order chi connectivity index (χ1) is 13.5. The summed E-state index contributed by atoms with van der Waals surface area (Å²) in [7, 11) is 0. The SMILES string of the molecule is C=C(C)COc1ccccc1NC(=O)C(CC)Oc1ccccc1C(C)CC. The second-order valence-corrected chi connectivity index (χ2v) is 7.09. The molecule has 2 atom stereocenters. The minimum absolute atomic E-state index is 0.187. The molecule has 0 saturated carbocycles. The van der Waals surface area contributed by atoms with Crippen molar-refractivity contribution in [1.82, 2.24) is 0 Å². The Labute approximate surface area is 168 Å². The van der Waals surface area contributed by atoms with Crippen LogP contribution in [0.5, 0.6) is 11.5 Å². The van der Waals surface area contributed by atoms with Gasteiger partial charge in [-0.25, -0.2) is 0 Å². The molecule has 0 spiro atoms. The topological polar surface area (TPSA) is 47.6 Å². The summed E-state index contributed by atoms with van der Waals surface area (Å²) in [6, 6.07) is 15.3. The van der Waals surface area contributed by atoms with Crippen molar-refractivity contribution in [1.29, 1.82) is 0 Å². The number of rotatable bonds is 10. The van der Waals surface area contributed by atoms with Gasteiger partial charge in [-0.15, -0.1) is 0 Å². The quantitative estimate of drug-likeness (QED) is 0.517. The van der Waals surface area contributed by atoms with Crippen LogP contribution in [0.15, 0.2) is 60.7 Å². The van der Waals surface area contributed by atoms with Gasteiger partial charge in [0.15, 0.2) is 6.10 Å². The summed E-state index contributed by atoms with van der Waals surface area (Å²) in [5, 5.41) is 2.95. The third-order valence-electron chi connectivity index (χ3n) is 4.61. The summed E-state index contributed by atoms with van der Waals surface area (Å²) in [5.41, 5.74) is 2.67. The highest BCUT2D eigenvalue weighted by molar-refractivity contribution is 5.95. The van der Waals surface area contributed by atoms with E-state index in [-0.39, 0.29) is 5.91 Å². The fraction of sp³-hybridized carbons (Fsp3) is 0.375. The van der Waals surface area contributed by atoms with Crippen molar-refractivity contribution < 1.29 is 14.3 Å². The molecule has 2 aromatic carbocycles. The highest BCUT2D eigenvalue weighted by atomic mass is 16.5. The lowest BCUT2D eigenvalue weighted by atomic mass is 9.98. The molecule has 0 saturated heterocycles. The van der Waals surface area contributed by atoms with Gasteiger partial charge in [-0.1, -0.05) is 57.7 Å². The molecular weight excluding hydrogens is 350 g/mol. The highest BCUT2D eigenvalue weighted by Gasteiger charge is 2.22. The van der Waals surface area contributed by atoms with Gasteiger partial charge in [-0.2, -0.15) is 0 Å². The minimum Gasteiger partial charge on any atom is -0.487 e. The number of ether oxygens (including phenoxy) is 2. The fourth-order valence-corrected chi connectivity index (χ4v) is 2.80. The number of para-hydroxylation sites is 3. The summed E-state index contributed by atoms with van der Waals surface area (Å²) >= 11 is 0. The largest absolute Gasteiger partial charge is 0.487 e. The number of benzene rings is 2. The normalized spacial score (nSPS) is 12.7. The van der Waals surface area contributed by atoms with E-state index in [1.54, 1.807) is 0 Å². The maximum absolute atomic E-state index is 12.9. The summed E-state index contributed by atoms with van der Waals surface area (Å²) < 4.78 is 11.9. The van der Waals surface area contributed by atoms with E-state index >= 15 is 0 Å². The van der Waals surface area contributed by atoms with Crippen LogP contribution in [-0.4, -0.2) is 18.6 Å². The molecule has 4 heteroatoms. The maximum atomic E-state index is 12.9. The Morgan fingerprint density at radius 1 is 1.04 bits per heavy atom. The second kappa shape index (κ2) is 10.5. The Bertz CT molecular complexity index is 800. The molecule has 1 amide bonds. The van der Waals surface area contributed by atoms with Gasteiger partial charge >= 0.3 is 0 Å². The van der Waals surface area contributed by atoms with Crippen LogP contribution in [-0.2, 0) is 4.79 Å². The van der Waals surface area contributed by atoms with E-state index in [1.807, 2.05) is 56.3 Å². The van der Waals surface area contributed by atoms with Gasteiger partial charge in [-0.3, -0.25) is 4.79 Å². The number of hydrogen-bond acceptors (Lipinski definition) is 3. The van der Waals surface area contributed by atoms with Crippen LogP contribution in [0.4, 0.5) is 5.69 Å². The van der Waals surface area contributed by atoms with Crippen LogP contribution in [0.1, 0.15) is 52.0 Å². The Morgan fingerprint density at radius 2 is 1.68 bits per heavy atom. The molecule has 2 aromatic rings. The first-order valence-corrected chi connectivity index (χ1v) is 9.88. The van der Waals surface area contributed by atoms with E-state index in [0.717, 1.165) is 23.3 Å². The van der Waals surface area contributed by atoms with Crippen molar-refractivity contribution in [3.63, 3.8) is 0 Å². The van der Waals surface area contributed by atoms with Gasteiger partial charge < -0.3 is 14.8 Å². The number of carbonyl (C=O) groups excluding carboxylic acids is 1. The van der Waals surface area contributed by atoms with Gasteiger partial charge in [-0.05, 0) is 55.0 Å². The van der Waals surface area contributed by atoms with Crippen molar-refractivity contribution in [3.05, 3.63) is 66.2 Å². The summed E-state index contributed by atoms with van der Waals surface area (Å²) in [5.74, 6) is 1.57. The molecule has 0 aromatic heterocycles. The molecule has 0 radical (unpaired) electrons. The van der Waals surface area contributed by atoms with E-state index in [2.05, 4.69) is 31.8 Å². The first kappa shape index (κ1) is 21.5. The molecule has 4 nitrogen and oxygen atoms in total.